The monoisotopic (exact) mass is 470 g/mol. The van der Waals surface area contributed by atoms with Crippen LogP contribution in [0.4, 0.5) is 0 Å². The van der Waals surface area contributed by atoms with Gasteiger partial charge in [0.05, 0.1) is 17.5 Å². The molecule has 4 fully saturated rings. The fourth-order valence-electron chi connectivity index (χ4n) is 7.55. The Morgan fingerprint density at radius 1 is 0.857 bits per heavy atom. The minimum Gasteiger partial charge on any atom is -0.489 e. The van der Waals surface area contributed by atoms with Crippen molar-refractivity contribution in [3.63, 3.8) is 0 Å². The predicted molar refractivity (Wildman–Crippen MR) is 129 cm³/mol. The van der Waals surface area contributed by atoms with Gasteiger partial charge in [-0.05, 0) is 55.0 Å². The van der Waals surface area contributed by atoms with Crippen molar-refractivity contribution in [1.29, 1.82) is 0 Å². The van der Waals surface area contributed by atoms with Gasteiger partial charge in [0.25, 0.3) is 0 Å². The molecule has 2 aromatic rings. The predicted octanol–water partition coefficient (Wildman–Crippen LogP) is 4.57. The van der Waals surface area contributed by atoms with Gasteiger partial charge in [0, 0.05) is 23.4 Å². The highest BCUT2D eigenvalue weighted by atomic mass is 16.6. The van der Waals surface area contributed by atoms with Gasteiger partial charge in [0.2, 0.25) is 11.8 Å². The average Bonchev–Trinajstić information content (AvgIpc) is 3.65. The fourth-order valence-corrected chi connectivity index (χ4v) is 7.55. The van der Waals surface area contributed by atoms with Crippen LogP contribution in [-0.4, -0.2) is 34.6 Å². The van der Waals surface area contributed by atoms with Crippen LogP contribution in [0, 0.1) is 29.6 Å². The Labute approximate surface area is 205 Å². The van der Waals surface area contributed by atoms with Crippen molar-refractivity contribution in [3.05, 3.63) is 65.7 Å². The summed E-state index contributed by atoms with van der Waals surface area (Å²) in [6, 6.07) is 18.2. The number of nitrogens with zero attached hydrogens (tertiary/aromatic N) is 2. The van der Waals surface area contributed by atoms with Crippen molar-refractivity contribution in [2.45, 2.75) is 57.3 Å². The summed E-state index contributed by atoms with van der Waals surface area (Å²) in [5.74, 6) is 0.852. The van der Waals surface area contributed by atoms with E-state index in [0.29, 0.717) is 6.61 Å². The molecule has 0 aromatic heterocycles. The first-order valence-electron chi connectivity index (χ1n) is 13.1. The molecule has 2 aromatic carbocycles. The van der Waals surface area contributed by atoms with Crippen LogP contribution in [0.2, 0.25) is 0 Å². The first kappa shape index (κ1) is 21.2. The molecular formula is C29H30N2O4. The Morgan fingerprint density at radius 2 is 1.57 bits per heavy atom. The summed E-state index contributed by atoms with van der Waals surface area (Å²) < 4.78 is 5.94. The van der Waals surface area contributed by atoms with Gasteiger partial charge in [-0.15, -0.1) is 0 Å². The highest BCUT2D eigenvalue weighted by molar-refractivity contribution is 6.09. The lowest BCUT2D eigenvalue weighted by Gasteiger charge is -2.30. The summed E-state index contributed by atoms with van der Waals surface area (Å²) in [6.07, 6.45) is 6.15. The summed E-state index contributed by atoms with van der Waals surface area (Å²) in [5.41, 5.74) is 3.06. The van der Waals surface area contributed by atoms with Crippen LogP contribution in [0.25, 0.3) is 0 Å². The molecule has 3 saturated carbocycles. The van der Waals surface area contributed by atoms with Crippen LogP contribution >= 0.6 is 0 Å². The number of ether oxygens (including phenoxy) is 1. The molecule has 2 bridgehead atoms. The highest BCUT2D eigenvalue weighted by Crippen LogP contribution is 2.62. The van der Waals surface area contributed by atoms with Crippen molar-refractivity contribution < 1.29 is 19.2 Å². The maximum Gasteiger partial charge on any atom is 0.233 e. The van der Waals surface area contributed by atoms with E-state index in [-0.39, 0.29) is 53.5 Å². The van der Waals surface area contributed by atoms with Crippen LogP contribution in [-0.2, 0) is 21.0 Å². The molecule has 0 unspecified atom stereocenters. The lowest BCUT2D eigenvalue weighted by Crippen LogP contribution is -2.42. The summed E-state index contributed by atoms with van der Waals surface area (Å²) in [5, 5.41) is 4.48. The molecule has 7 rings (SSSR count). The van der Waals surface area contributed by atoms with E-state index >= 15 is 0 Å². The molecule has 6 atom stereocenters. The Kier molecular flexibility index (Phi) is 4.97. The second-order valence-corrected chi connectivity index (χ2v) is 10.8. The lowest BCUT2D eigenvalue weighted by molar-refractivity contribution is -0.144. The van der Waals surface area contributed by atoms with Gasteiger partial charge in [-0.2, -0.15) is 0 Å². The van der Waals surface area contributed by atoms with E-state index in [1.165, 1.54) is 6.42 Å². The van der Waals surface area contributed by atoms with E-state index in [1.54, 1.807) is 4.90 Å². The highest BCUT2D eigenvalue weighted by Gasteiger charge is 2.70. The number of oxime groups is 1. The van der Waals surface area contributed by atoms with Crippen molar-refractivity contribution in [3.8, 4) is 5.75 Å². The minimum absolute atomic E-state index is 0.0646. The van der Waals surface area contributed by atoms with Gasteiger partial charge in [0.1, 0.15) is 18.5 Å². The lowest BCUT2D eigenvalue weighted by atomic mass is 9.71. The third-order valence-corrected chi connectivity index (χ3v) is 9.06. The van der Waals surface area contributed by atoms with Crippen LogP contribution < -0.4 is 4.74 Å². The molecule has 1 saturated heterocycles. The number of rotatable bonds is 5. The molecule has 0 radical (unpaired) electrons. The third-order valence-electron chi connectivity index (χ3n) is 9.06. The van der Waals surface area contributed by atoms with Crippen molar-refractivity contribution in [1.82, 2.24) is 4.90 Å². The molecule has 5 aliphatic rings. The number of carbonyl (C=O) groups excluding carboxylic acids is 2. The normalized spacial score (nSPS) is 33.5. The summed E-state index contributed by atoms with van der Waals surface area (Å²) in [6.45, 7) is 0.523. The molecule has 2 amide bonds. The van der Waals surface area contributed by atoms with Gasteiger partial charge in [0.15, 0.2) is 0 Å². The number of imide groups is 1. The van der Waals surface area contributed by atoms with Gasteiger partial charge in [-0.1, -0.05) is 54.8 Å². The smallest absolute Gasteiger partial charge is 0.233 e. The molecule has 6 heteroatoms. The standard InChI is InChI=1S/C29H30N2O4/c32-28-23-21-15-22(24(23)29(33)31(28)19-9-5-2-6-10-19)27-25(21)26(30-35-27)18-11-13-20(14-12-18)34-16-17-7-3-1-4-8-17/h1,3-4,7-8,11-14,19,21-25,27H,2,5-6,9-10,15-16H2/t21-,22+,23+,24-,25+,27+/m1/s1. The van der Waals surface area contributed by atoms with E-state index in [1.807, 2.05) is 54.6 Å². The molecule has 2 aliphatic heterocycles. The molecule has 180 valence electrons. The van der Waals surface area contributed by atoms with Crippen LogP contribution in [0.5, 0.6) is 5.75 Å². The number of benzene rings is 2. The quantitative estimate of drug-likeness (QED) is 0.601. The minimum atomic E-state index is -0.209. The van der Waals surface area contributed by atoms with E-state index in [2.05, 4.69) is 5.16 Å². The van der Waals surface area contributed by atoms with Crippen molar-refractivity contribution in [2.75, 3.05) is 0 Å². The SMILES string of the molecule is O=C1[C@@H]2[C@@H]3C[C@@H]([C@H]4C(c5ccc(OCc6ccccc6)cc5)=NO[C@@H]34)[C@@H]2C(=O)N1C1CCCCC1. The van der Waals surface area contributed by atoms with E-state index < -0.39 is 0 Å². The number of likely N-dealkylation sites (tertiary alicyclic amines) is 1. The number of carbonyl (C=O) groups is 2. The first-order chi connectivity index (χ1) is 17.2. The van der Waals surface area contributed by atoms with Crippen molar-refractivity contribution >= 4 is 17.5 Å². The largest absolute Gasteiger partial charge is 0.489 e. The Hall–Kier alpha value is -3.15. The molecule has 35 heavy (non-hydrogen) atoms. The van der Waals surface area contributed by atoms with Crippen LogP contribution in [0.3, 0.4) is 0 Å². The van der Waals surface area contributed by atoms with Gasteiger partial charge in [-0.25, -0.2) is 0 Å². The first-order valence-corrected chi connectivity index (χ1v) is 13.1. The van der Waals surface area contributed by atoms with E-state index in [0.717, 1.165) is 54.7 Å². The maximum absolute atomic E-state index is 13.6. The average molecular weight is 471 g/mol. The van der Waals surface area contributed by atoms with E-state index in [4.69, 9.17) is 9.57 Å². The topological polar surface area (TPSA) is 68.2 Å². The molecule has 6 nitrogen and oxygen atoms in total. The van der Waals surface area contributed by atoms with Crippen LogP contribution in [0.15, 0.2) is 59.8 Å². The summed E-state index contributed by atoms with van der Waals surface area (Å²) >= 11 is 0. The van der Waals surface area contributed by atoms with Crippen molar-refractivity contribution in [2.24, 2.45) is 34.7 Å². The molecule has 2 heterocycles. The zero-order valence-corrected chi connectivity index (χ0v) is 19.7. The van der Waals surface area contributed by atoms with Gasteiger partial charge in [-0.3, -0.25) is 14.5 Å². The van der Waals surface area contributed by atoms with Crippen LogP contribution in [0.1, 0.15) is 49.7 Å². The summed E-state index contributed by atoms with van der Waals surface area (Å²) in [4.78, 5) is 34.6. The zero-order valence-electron chi connectivity index (χ0n) is 19.7. The Balaban J connectivity index is 1.08. The number of amides is 2. The molecule has 3 aliphatic carbocycles. The number of hydrogen-bond donors (Lipinski definition) is 0. The maximum atomic E-state index is 13.6. The second kappa shape index (κ2) is 8.21. The zero-order chi connectivity index (χ0) is 23.5. The summed E-state index contributed by atoms with van der Waals surface area (Å²) in [7, 11) is 0. The third kappa shape index (κ3) is 3.25. The Bertz CT molecular complexity index is 1170. The Morgan fingerprint density at radius 3 is 2.31 bits per heavy atom. The number of hydrogen-bond acceptors (Lipinski definition) is 5. The molecular weight excluding hydrogens is 440 g/mol. The molecule has 0 N–H and O–H groups in total. The molecule has 0 spiro atoms. The van der Waals surface area contributed by atoms with Gasteiger partial charge >= 0.3 is 0 Å². The fraction of sp³-hybridized carbons (Fsp3) is 0.483. The van der Waals surface area contributed by atoms with Gasteiger partial charge < -0.3 is 9.57 Å². The van der Waals surface area contributed by atoms with E-state index in [9.17, 15) is 9.59 Å². The second-order valence-electron chi connectivity index (χ2n) is 10.8. The number of fused-ring (bicyclic) bond motifs is 8.